The van der Waals surface area contributed by atoms with Crippen LogP contribution in [0.4, 0.5) is 27.6 Å². The number of halogens is 6. The highest BCUT2D eigenvalue weighted by molar-refractivity contribution is 6.34. The number of hydrogen-bond donors (Lipinski definition) is 0. The van der Waals surface area contributed by atoms with Crippen LogP contribution in [-0.2, 0) is 9.59 Å². The average Bonchev–Trinajstić information content (AvgIpc) is 2.69. The fourth-order valence-corrected chi connectivity index (χ4v) is 2.61. The van der Waals surface area contributed by atoms with Crippen molar-refractivity contribution in [3.05, 3.63) is 70.1 Å². The van der Waals surface area contributed by atoms with Crippen molar-refractivity contribution in [2.45, 2.75) is 6.42 Å². The molecule has 1 heterocycles. The summed E-state index contributed by atoms with van der Waals surface area (Å²) in [5.41, 5.74) is -0.473. The highest BCUT2D eigenvalue weighted by atomic mass is 35.5. The zero-order chi connectivity index (χ0) is 21.5. The quantitative estimate of drug-likeness (QED) is 0.183. The molecule has 0 saturated heterocycles. The summed E-state index contributed by atoms with van der Waals surface area (Å²) in [5, 5.41) is -0.0230. The van der Waals surface area contributed by atoms with Crippen molar-refractivity contribution in [1.82, 2.24) is 0 Å². The number of allylic oxidation sites excluding steroid dienone is 1. The summed E-state index contributed by atoms with van der Waals surface area (Å²) in [6.07, 6.45) is 1.75. The Morgan fingerprint density at radius 1 is 0.966 bits per heavy atom. The molecule has 29 heavy (non-hydrogen) atoms. The molecule has 0 aliphatic carbocycles. The van der Waals surface area contributed by atoms with E-state index < -0.39 is 64.5 Å². The lowest BCUT2D eigenvalue weighted by atomic mass is 10.1. The van der Waals surface area contributed by atoms with Gasteiger partial charge in [0.25, 0.3) is 0 Å². The Hall–Kier alpha value is -3.27. The Bertz CT molecular complexity index is 1070. The minimum absolute atomic E-state index is 0.0230. The minimum Gasteiger partial charge on any atom is -0.416 e. The standard InChI is InChI=1S/C18H7ClF5NO4/c19-9-2-1-7(5-10(9)25-4-3-8(26)6-11(25)27)18(28)29-17-15(23)13(21)12(20)14(22)16(17)24/h1-5H,6H2. The maximum atomic E-state index is 13.7. The number of esters is 1. The summed E-state index contributed by atoms with van der Waals surface area (Å²) in [6.45, 7) is 0. The Balaban J connectivity index is 1.97. The number of hydrogen-bond acceptors (Lipinski definition) is 4. The van der Waals surface area contributed by atoms with Crippen molar-refractivity contribution in [2.24, 2.45) is 0 Å². The van der Waals surface area contributed by atoms with Gasteiger partial charge in [0.05, 0.1) is 22.7 Å². The van der Waals surface area contributed by atoms with Crippen molar-refractivity contribution in [3.63, 3.8) is 0 Å². The Morgan fingerprint density at radius 2 is 1.55 bits per heavy atom. The maximum absolute atomic E-state index is 13.7. The van der Waals surface area contributed by atoms with Crippen LogP contribution in [0.25, 0.3) is 0 Å². The lowest BCUT2D eigenvalue weighted by Gasteiger charge is -2.22. The molecule has 11 heteroatoms. The monoisotopic (exact) mass is 431 g/mol. The zero-order valence-electron chi connectivity index (χ0n) is 13.9. The van der Waals surface area contributed by atoms with E-state index in [1.807, 2.05) is 0 Å². The van der Waals surface area contributed by atoms with E-state index in [0.29, 0.717) is 0 Å². The van der Waals surface area contributed by atoms with Gasteiger partial charge in [0, 0.05) is 6.20 Å². The third-order valence-electron chi connectivity index (χ3n) is 3.81. The summed E-state index contributed by atoms with van der Waals surface area (Å²) in [6, 6.07) is 3.18. The molecule has 0 N–H and O–H groups in total. The molecule has 0 fully saturated rings. The van der Waals surface area contributed by atoms with E-state index in [4.69, 9.17) is 11.6 Å². The molecule has 2 aromatic carbocycles. The van der Waals surface area contributed by atoms with Crippen LogP contribution in [0.3, 0.4) is 0 Å². The van der Waals surface area contributed by atoms with E-state index >= 15 is 0 Å². The number of carbonyl (C=O) groups excluding carboxylic acids is 3. The summed E-state index contributed by atoms with van der Waals surface area (Å²) >= 11 is 5.98. The van der Waals surface area contributed by atoms with Crippen LogP contribution in [0, 0.1) is 29.1 Å². The lowest BCUT2D eigenvalue weighted by Crippen LogP contribution is -2.31. The van der Waals surface area contributed by atoms with Crippen LogP contribution in [0.2, 0.25) is 5.02 Å². The number of nitrogens with zero attached hydrogens (tertiary/aromatic N) is 1. The second-order valence-electron chi connectivity index (χ2n) is 5.68. The molecule has 2 aromatic rings. The molecule has 0 saturated carbocycles. The van der Waals surface area contributed by atoms with Gasteiger partial charge >= 0.3 is 5.97 Å². The van der Waals surface area contributed by atoms with Crippen LogP contribution in [0.5, 0.6) is 5.75 Å². The van der Waals surface area contributed by atoms with Gasteiger partial charge in [0.1, 0.15) is 0 Å². The van der Waals surface area contributed by atoms with Crippen molar-refractivity contribution < 1.29 is 41.1 Å². The molecule has 1 aliphatic heterocycles. The summed E-state index contributed by atoms with van der Waals surface area (Å²) in [7, 11) is 0. The average molecular weight is 432 g/mol. The zero-order valence-corrected chi connectivity index (χ0v) is 14.7. The van der Waals surface area contributed by atoms with Gasteiger partial charge in [-0.15, -0.1) is 0 Å². The van der Waals surface area contributed by atoms with Crippen molar-refractivity contribution in [1.29, 1.82) is 0 Å². The number of anilines is 1. The van der Waals surface area contributed by atoms with Gasteiger partial charge in [-0.3, -0.25) is 14.5 Å². The van der Waals surface area contributed by atoms with Gasteiger partial charge in [-0.05, 0) is 24.3 Å². The molecule has 0 radical (unpaired) electrons. The maximum Gasteiger partial charge on any atom is 0.343 e. The largest absolute Gasteiger partial charge is 0.416 e. The minimum atomic E-state index is -2.40. The predicted molar refractivity (Wildman–Crippen MR) is 88.9 cm³/mol. The molecule has 3 rings (SSSR count). The number of ether oxygens (including phenoxy) is 1. The molecule has 150 valence electrons. The lowest BCUT2D eigenvalue weighted by molar-refractivity contribution is -0.124. The van der Waals surface area contributed by atoms with E-state index in [1.54, 1.807) is 0 Å². The second kappa shape index (κ2) is 7.63. The topological polar surface area (TPSA) is 63.7 Å². The normalized spacial score (nSPS) is 13.8. The van der Waals surface area contributed by atoms with E-state index in [0.717, 1.165) is 35.4 Å². The van der Waals surface area contributed by atoms with Gasteiger partial charge in [0.2, 0.25) is 40.7 Å². The number of benzene rings is 2. The molecule has 0 aromatic heterocycles. The molecule has 1 amide bonds. The molecule has 0 bridgehead atoms. The number of ketones is 1. The number of amides is 1. The van der Waals surface area contributed by atoms with Gasteiger partial charge in [-0.2, -0.15) is 8.78 Å². The predicted octanol–water partition coefficient (Wildman–Crippen LogP) is 4.07. The van der Waals surface area contributed by atoms with E-state index in [-0.39, 0.29) is 10.7 Å². The smallest absolute Gasteiger partial charge is 0.343 e. The Kier molecular flexibility index (Phi) is 5.38. The summed E-state index contributed by atoms with van der Waals surface area (Å²) in [4.78, 5) is 36.4. The first-order chi connectivity index (χ1) is 13.6. The van der Waals surface area contributed by atoms with E-state index in [1.165, 1.54) is 0 Å². The molecule has 0 spiro atoms. The van der Waals surface area contributed by atoms with E-state index in [2.05, 4.69) is 4.74 Å². The Labute approximate surface area is 163 Å². The molecule has 0 atom stereocenters. The van der Waals surface area contributed by atoms with Crippen LogP contribution in [-0.4, -0.2) is 17.7 Å². The molecular formula is C18H7ClF5NO4. The third kappa shape index (κ3) is 3.70. The van der Waals surface area contributed by atoms with Gasteiger partial charge in [-0.1, -0.05) is 11.6 Å². The van der Waals surface area contributed by atoms with Crippen LogP contribution in [0.15, 0.2) is 30.5 Å². The van der Waals surface area contributed by atoms with Crippen LogP contribution in [0.1, 0.15) is 16.8 Å². The second-order valence-corrected chi connectivity index (χ2v) is 6.08. The SMILES string of the molecule is O=C1C=CN(c2cc(C(=O)Oc3c(F)c(F)c(F)c(F)c3F)ccc2Cl)C(=O)C1. The van der Waals surface area contributed by atoms with Gasteiger partial charge in [-0.25, -0.2) is 18.0 Å². The van der Waals surface area contributed by atoms with Gasteiger partial charge < -0.3 is 4.74 Å². The number of rotatable bonds is 3. The first kappa shape index (κ1) is 20.5. The third-order valence-corrected chi connectivity index (χ3v) is 4.13. The molecular weight excluding hydrogens is 425 g/mol. The summed E-state index contributed by atoms with van der Waals surface area (Å²) < 4.78 is 71.3. The highest BCUT2D eigenvalue weighted by Crippen LogP contribution is 2.32. The van der Waals surface area contributed by atoms with Crippen molar-refractivity contribution >= 4 is 34.9 Å². The summed E-state index contributed by atoms with van der Waals surface area (Å²) in [5.74, 6) is -16.0. The molecule has 1 aliphatic rings. The number of carbonyl (C=O) groups is 3. The van der Waals surface area contributed by atoms with Crippen LogP contribution < -0.4 is 9.64 Å². The first-order valence-corrected chi connectivity index (χ1v) is 8.06. The fraction of sp³-hybridized carbons (Fsp3) is 0.0556. The van der Waals surface area contributed by atoms with Gasteiger partial charge in [0.15, 0.2) is 5.78 Å². The Morgan fingerprint density at radius 3 is 2.14 bits per heavy atom. The first-order valence-electron chi connectivity index (χ1n) is 7.68. The van der Waals surface area contributed by atoms with Crippen molar-refractivity contribution in [3.8, 4) is 5.75 Å². The highest BCUT2D eigenvalue weighted by Gasteiger charge is 2.29. The van der Waals surface area contributed by atoms with Crippen molar-refractivity contribution in [2.75, 3.05) is 4.90 Å². The van der Waals surface area contributed by atoms with E-state index in [9.17, 15) is 36.3 Å². The molecule has 5 nitrogen and oxygen atoms in total. The van der Waals surface area contributed by atoms with Crippen LogP contribution >= 0.6 is 11.6 Å². The molecule has 0 unspecified atom stereocenters. The fourth-order valence-electron chi connectivity index (χ4n) is 2.40.